The van der Waals surface area contributed by atoms with Gasteiger partial charge in [0.15, 0.2) is 0 Å². The van der Waals surface area contributed by atoms with Gasteiger partial charge >= 0.3 is 0 Å². The third kappa shape index (κ3) is 3.03. The summed E-state index contributed by atoms with van der Waals surface area (Å²) in [6, 6.07) is 2.24. The molecule has 1 aromatic rings. The van der Waals surface area contributed by atoms with E-state index in [9.17, 15) is 0 Å². The highest BCUT2D eigenvalue weighted by molar-refractivity contribution is 7.10. The van der Waals surface area contributed by atoms with Gasteiger partial charge in [-0.25, -0.2) is 0 Å². The van der Waals surface area contributed by atoms with E-state index in [2.05, 4.69) is 23.7 Å². The van der Waals surface area contributed by atoms with Crippen molar-refractivity contribution in [3.05, 3.63) is 21.9 Å². The Bertz CT molecular complexity index is 292. The summed E-state index contributed by atoms with van der Waals surface area (Å²) in [6.45, 7) is 6.23. The van der Waals surface area contributed by atoms with Crippen molar-refractivity contribution in [1.29, 1.82) is 0 Å². The van der Waals surface area contributed by atoms with Crippen molar-refractivity contribution < 1.29 is 4.74 Å². The molecule has 0 spiro atoms. The maximum atomic E-state index is 5.35. The van der Waals surface area contributed by atoms with E-state index < -0.39 is 0 Å². The summed E-state index contributed by atoms with van der Waals surface area (Å²) in [7, 11) is 0. The zero-order valence-electron chi connectivity index (χ0n) is 9.29. The Balaban J connectivity index is 1.73. The fraction of sp³-hybridized carbons (Fsp3) is 0.667. The first-order valence-electron chi connectivity index (χ1n) is 5.74. The Hall–Kier alpha value is -0.380. The first kappa shape index (κ1) is 11.1. The Morgan fingerprint density at radius 2 is 2.53 bits per heavy atom. The van der Waals surface area contributed by atoms with Crippen LogP contribution in [0.1, 0.15) is 23.8 Å². The Morgan fingerprint density at radius 3 is 3.27 bits per heavy atom. The van der Waals surface area contributed by atoms with Crippen LogP contribution in [0.5, 0.6) is 0 Å². The molecule has 1 unspecified atom stereocenters. The predicted octanol–water partition coefficient (Wildman–Crippen LogP) is 2.44. The minimum Gasteiger partial charge on any atom is -0.381 e. The van der Waals surface area contributed by atoms with E-state index in [1.807, 2.05) is 11.3 Å². The molecule has 1 fully saturated rings. The van der Waals surface area contributed by atoms with E-state index in [1.165, 1.54) is 16.9 Å². The molecule has 0 aromatic carbocycles. The number of thiophene rings is 1. The average molecular weight is 225 g/mol. The Morgan fingerprint density at radius 1 is 1.60 bits per heavy atom. The average Bonchev–Trinajstić information content (AvgIpc) is 2.88. The number of aryl methyl sites for hydroxylation is 1. The van der Waals surface area contributed by atoms with Gasteiger partial charge in [-0.05, 0) is 35.8 Å². The van der Waals surface area contributed by atoms with Crippen LogP contribution in [0.4, 0.5) is 0 Å². The number of hydrogen-bond acceptors (Lipinski definition) is 3. The van der Waals surface area contributed by atoms with Crippen LogP contribution >= 0.6 is 11.3 Å². The molecule has 2 heterocycles. The lowest BCUT2D eigenvalue weighted by Gasteiger charge is -2.09. The molecule has 84 valence electrons. The van der Waals surface area contributed by atoms with Gasteiger partial charge in [0.05, 0.1) is 6.61 Å². The molecular formula is C12H19NOS. The smallest absolute Gasteiger partial charge is 0.0507 e. The Kier molecular flexibility index (Phi) is 4.18. The predicted molar refractivity (Wildman–Crippen MR) is 64.3 cm³/mol. The van der Waals surface area contributed by atoms with Crippen molar-refractivity contribution in [3.63, 3.8) is 0 Å². The second kappa shape index (κ2) is 5.64. The van der Waals surface area contributed by atoms with Crippen LogP contribution in [0.2, 0.25) is 0 Å². The van der Waals surface area contributed by atoms with Crippen LogP contribution in [0.25, 0.3) is 0 Å². The summed E-state index contributed by atoms with van der Waals surface area (Å²) in [5.41, 5.74) is 1.50. The van der Waals surface area contributed by atoms with Gasteiger partial charge in [0, 0.05) is 24.6 Å². The second-order valence-electron chi connectivity index (χ2n) is 4.08. The van der Waals surface area contributed by atoms with Gasteiger partial charge in [-0.3, -0.25) is 0 Å². The second-order valence-corrected chi connectivity index (χ2v) is 5.08. The van der Waals surface area contributed by atoms with Crippen molar-refractivity contribution in [2.75, 3.05) is 19.8 Å². The molecule has 15 heavy (non-hydrogen) atoms. The normalized spacial score (nSPS) is 21.0. The molecule has 1 N–H and O–H groups in total. The fourth-order valence-corrected chi connectivity index (χ4v) is 2.92. The molecular weight excluding hydrogens is 206 g/mol. The van der Waals surface area contributed by atoms with Crippen molar-refractivity contribution in [2.24, 2.45) is 5.92 Å². The zero-order valence-corrected chi connectivity index (χ0v) is 10.1. The molecule has 0 bridgehead atoms. The van der Waals surface area contributed by atoms with Gasteiger partial charge in [-0.15, -0.1) is 11.3 Å². The molecule has 2 nitrogen and oxygen atoms in total. The quantitative estimate of drug-likeness (QED) is 0.831. The van der Waals surface area contributed by atoms with E-state index in [0.717, 1.165) is 38.6 Å². The molecule has 0 saturated carbocycles. The number of hydrogen-bond donors (Lipinski definition) is 1. The lowest BCUT2D eigenvalue weighted by Crippen LogP contribution is -2.22. The molecule has 1 atom stereocenters. The first-order valence-corrected chi connectivity index (χ1v) is 6.61. The largest absolute Gasteiger partial charge is 0.381 e. The minimum atomic E-state index is 0.732. The van der Waals surface area contributed by atoms with Gasteiger partial charge < -0.3 is 10.1 Å². The summed E-state index contributed by atoms with van der Waals surface area (Å²) in [5, 5.41) is 5.72. The molecule has 3 heteroatoms. The van der Waals surface area contributed by atoms with Crippen molar-refractivity contribution >= 4 is 11.3 Å². The van der Waals surface area contributed by atoms with Crippen LogP contribution in [0.15, 0.2) is 11.4 Å². The van der Waals surface area contributed by atoms with E-state index in [-0.39, 0.29) is 0 Å². The fourth-order valence-electron chi connectivity index (χ4n) is 1.97. The number of ether oxygens (including phenoxy) is 1. The molecule has 1 aromatic heterocycles. The highest BCUT2D eigenvalue weighted by Gasteiger charge is 2.14. The van der Waals surface area contributed by atoms with Crippen LogP contribution in [-0.4, -0.2) is 19.8 Å². The lowest BCUT2D eigenvalue weighted by molar-refractivity contribution is 0.185. The first-order chi connectivity index (χ1) is 7.40. The van der Waals surface area contributed by atoms with E-state index in [1.54, 1.807) is 0 Å². The summed E-state index contributed by atoms with van der Waals surface area (Å²) >= 11 is 1.86. The third-order valence-electron chi connectivity index (χ3n) is 2.96. The van der Waals surface area contributed by atoms with E-state index in [0.29, 0.717) is 0 Å². The summed E-state index contributed by atoms with van der Waals surface area (Å²) < 4.78 is 5.35. The van der Waals surface area contributed by atoms with Crippen molar-refractivity contribution in [2.45, 2.75) is 26.3 Å². The third-order valence-corrected chi connectivity index (χ3v) is 3.92. The zero-order chi connectivity index (χ0) is 10.5. The molecule has 0 radical (unpaired) electrons. The van der Waals surface area contributed by atoms with Gasteiger partial charge in [-0.1, -0.05) is 6.92 Å². The summed E-state index contributed by atoms with van der Waals surface area (Å²) in [4.78, 5) is 1.50. The standard InChI is InChI=1S/C12H19NOS/c1-2-11-4-6-15-12(11)8-13-7-10-3-5-14-9-10/h4,6,10,13H,2-3,5,7-9H2,1H3. The number of nitrogens with one attached hydrogen (secondary N) is 1. The van der Waals surface area contributed by atoms with Gasteiger partial charge in [0.2, 0.25) is 0 Å². The molecule has 0 amide bonds. The van der Waals surface area contributed by atoms with Gasteiger partial charge in [-0.2, -0.15) is 0 Å². The lowest BCUT2D eigenvalue weighted by atomic mass is 10.1. The van der Waals surface area contributed by atoms with Crippen LogP contribution in [0, 0.1) is 5.92 Å². The van der Waals surface area contributed by atoms with Crippen LogP contribution in [0.3, 0.4) is 0 Å². The monoisotopic (exact) mass is 225 g/mol. The Labute approximate surface area is 95.6 Å². The minimum absolute atomic E-state index is 0.732. The molecule has 1 saturated heterocycles. The molecule has 0 aliphatic carbocycles. The van der Waals surface area contributed by atoms with Crippen LogP contribution in [-0.2, 0) is 17.7 Å². The summed E-state index contributed by atoms with van der Waals surface area (Å²) in [5.74, 6) is 0.732. The topological polar surface area (TPSA) is 21.3 Å². The highest BCUT2D eigenvalue weighted by Crippen LogP contribution is 2.17. The maximum Gasteiger partial charge on any atom is 0.0507 e. The molecule has 1 aliphatic rings. The van der Waals surface area contributed by atoms with Crippen LogP contribution < -0.4 is 5.32 Å². The maximum absolute atomic E-state index is 5.35. The van der Waals surface area contributed by atoms with Gasteiger partial charge in [0.25, 0.3) is 0 Å². The number of rotatable bonds is 5. The molecule has 2 rings (SSSR count). The van der Waals surface area contributed by atoms with E-state index in [4.69, 9.17) is 4.74 Å². The molecule has 1 aliphatic heterocycles. The van der Waals surface area contributed by atoms with E-state index >= 15 is 0 Å². The van der Waals surface area contributed by atoms with Gasteiger partial charge in [0.1, 0.15) is 0 Å². The van der Waals surface area contributed by atoms with Crippen molar-refractivity contribution in [3.8, 4) is 0 Å². The summed E-state index contributed by atoms with van der Waals surface area (Å²) in [6.07, 6.45) is 2.37. The SMILES string of the molecule is CCc1ccsc1CNCC1CCOC1. The van der Waals surface area contributed by atoms with Crippen molar-refractivity contribution in [1.82, 2.24) is 5.32 Å². The highest BCUT2D eigenvalue weighted by atomic mass is 32.1.